The Morgan fingerprint density at radius 2 is 2.00 bits per heavy atom. The van der Waals surface area contributed by atoms with Crippen molar-refractivity contribution in [3.05, 3.63) is 52.6 Å². The predicted molar refractivity (Wildman–Crippen MR) is 71.9 cm³/mol. The van der Waals surface area contributed by atoms with Gasteiger partial charge in [0.05, 0.1) is 0 Å². The van der Waals surface area contributed by atoms with Gasteiger partial charge in [-0.05, 0) is 53.2 Å². The lowest BCUT2D eigenvalue weighted by molar-refractivity contribution is 0.628. The van der Waals surface area contributed by atoms with E-state index in [9.17, 15) is 0 Å². The van der Waals surface area contributed by atoms with Crippen LogP contribution in [-0.4, -0.2) is 4.98 Å². The van der Waals surface area contributed by atoms with E-state index in [4.69, 9.17) is 4.42 Å². The fourth-order valence-electron chi connectivity index (χ4n) is 1.83. The summed E-state index contributed by atoms with van der Waals surface area (Å²) in [5.41, 5.74) is 2.97. The molecule has 17 heavy (non-hydrogen) atoms. The van der Waals surface area contributed by atoms with Gasteiger partial charge in [0.1, 0.15) is 15.9 Å². The second-order valence-corrected chi connectivity index (χ2v) is 4.81. The van der Waals surface area contributed by atoms with Gasteiger partial charge in [-0.1, -0.05) is 17.7 Å². The molecule has 0 N–H and O–H groups in total. The summed E-state index contributed by atoms with van der Waals surface area (Å²) in [7, 11) is 0. The molecule has 0 radical (unpaired) electrons. The second-order valence-electron chi connectivity index (χ2n) is 4.00. The fourth-order valence-corrected chi connectivity index (χ4v) is 2.18. The van der Waals surface area contributed by atoms with Gasteiger partial charge in [-0.15, -0.1) is 0 Å². The molecule has 3 heteroatoms. The molecule has 0 aliphatic rings. The monoisotopic (exact) mass is 287 g/mol. The summed E-state index contributed by atoms with van der Waals surface area (Å²) in [6.45, 7) is 2.07. The van der Waals surface area contributed by atoms with E-state index in [0.29, 0.717) is 0 Å². The van der Waals surface area contributed by atoms with Crippen molar-refractivity contribution >= 4 is 26.9 Å². The van der Waals surface area contributed by atoms with Crippen molar-refractivity contribution in [1.29, 1.82) is 0 Å². The SMILES string of the molecule is Cc1ccc2oc(-c3cccc(Br)n3)cc2c1. The number of nitrogens with zero attached hydrogens (tertiary/aromatic N) is 1. The molecule has 0 spiro atoms. The average Bonchev–Trinajstić information content (AvgIpc) is 2.72. The van der Waals surface area contributed by atoms with Gasteiger partial charge in [-0.3, -0.25) is 0 Å². The molecule has 0 saturated carbocycles. The molecule has 2 nitrogen and oxygen atoms in total. The maximum Gasteiger partial charge on any atom is 0.153 e. The van der Waals surface area contributed by atoms with E-state index in [1.807, 2.05) is 36.4 Å². The molecular weight excluding hydrogens is 278 g/mol. The van der Waals surface area contributed by atoms with Crippen molar-refractivity contribution in [3.8, 4) is 11.5 Å². The van der Waals surface area contributed by atoms with Crippen LogP contribution in [0.3, 0.4) is 0 Å². The zero-order chi connectivity index (χ0) is 11.8. The Bertz CT molecular complexity index is 688. The van der Waals surface area contributed by atoms with Crippen LogP contribution >= 0.6 is 15.9 Å². The summed E-state index contributed by atoms with van der Waals surface area (Å²) in [5.74, 6) is 0.798. The first kappa shape index (κ1) is 10.5. The van der Waals surface area contributed by atoms with Crippen LogP contribution in [0, 0.1) is 6.92 Å². The molecule has 2 heterocycles. The molecule has 0 amide bonds. The van der Waals surface area contributed by atoms with Gasteiger partial charge in [-0.25, -0.2) is 4.98 Å². The van der Waals surface area contributed by atoms with Gasteiger partial charge < -0.3 is 4.42 Å². The van der Waals surface area contributed by atoms with Crippen LogP contribution in [0.1, 0.15) is 5.56 Å². The smallest absolute Gasteiger partial charge is 0.153 e. The van der Waals surface area contributed by atoms with Crippen molar-refractivity contribution in [2.75, 3.05) is 0 Å². The van der Waals surface area contributed by atoms with Gasteiger partial charge in [0.25, 0.3) is 0 Å². The van der Waals surface area contributed by atoms with Gasteiger partial charge in [0.2, 0.25) is 0 Å². The number of aromatic nitrogens is 1. The third-order valence-corrected chi connectivity index (χ3v) is 3.08. The minimum atomic E-state index is 0.798. The van der Waals surface area contributed by atoms with Crippen molar-refractivity contribution in [2.24, 2.45) is 0 Å². The van der Waals surface area contributed by atoms with Crippen LogP contribution < -0.4 is 0 Å². The Kier molecular flexibility index (Phi) is 2.48. The molecule has 3 rings (SSSR count). The summed E-state index contributed by atoms with van der Waals surface area (Å²) in [6.07, 6.45) is 0. The number of furan rings is 1. The highest BCUT2D eigenvalue weighted by molar-refractivity contribution is 9.10. The number of hydrogen-bond donors (Lipinski definition) is 0. The Hall–Kier alpha value is -1.61. The number of benzene rings is 1. The van der Waals surface area contributed by atoms with Crippen LogP contribution in [0.4, 0.5) is 0 Å². The molecule has 0 bridgehead atoms. The zero-order valence-corrected chi connectivity index (χ0v) is 10.9. The number of rotatable bonds is 1. The molecular formula is C14H10BrNO. The fraction of sp³-hybridized carbons (Fsp3) is 0.0714. The molecule has 1 aromatic carbocycles. The largest absolute Gasteiger partial charge is 0.454 e. The van der Waals surface area contributed by atoms with Crippen molar-refractivity contribution in [2.45, 2.75) is 6.92 Å². The van der Waals surface area contributed by atoms with E-state index in [0.717, 1.165) is 27.0 Å². The highest BCUT2D eigenvalue weighted by Gasteiger charge is 2.07. The third-order valence-electron chi connectivity index (χ3n) is 2.64. The van der Waals surface area contributed by atoms with Gasteiger partial charge in [0, 0.05) is 5.39 Å². The maximum absolute atomic E-state index is 5.78. The third kappa shape index (κ3) is 1.98. The maximum atomic E-state index is 5.78. The lowest BCUT2D eigenvalue weighted by Gasteiger charge is -1.95. The van der Waals surface area contributed by atoms with E-state index >= 15 is 0 Å². The first-order chi connectivity index (χ1) is 8.22. The van der Waals surface area contributed by atoms with Crippen LogP contribution in [-0.2, 0) is 0 Å². The Morgan fingerprint density at radius 3 is 2.82 bits per heavy atom. The van der Waals surface area contributed by atoms with E-state index in [1.54, 1.807) is 0 Å². The van der Waals surface area contributed by atoms with Crippen LogP contribution in [0.2, 0.25) is 0 Å². The van der Waals surface area contributed by atoms with E-state index in [2.05, 4.69) is 33.9 Å². The van der Waals surface area contributed by atoms with E-state index in [-0.39, 0.29) is 0 Å². The number of halogens is 1. The number of hydrogen-bond acceptors (Lipinski definition) is 2. The second kappa shape index (κ2) is 4.00. The average molecular weight is 288 g/mol. The standard InChI is InChI=1S/C14H10BrNO/c1-9-5-6-12-10(7-9)8-13(17-12)11-3-2-4-14(15)16-11/h2-8H,1H3. The summed E-state index contributed by atoms with van der Waals surface area (Å²) in [6, 6.07) is 14.0. The molecule has 0 aliphatic carbocycles. The Balaban J connectivity index is 2.18. The van der Waals surface area contributed by atoms with Crippen molar-refractivity contribution < 1.29 is 4.42 Å². The van der Waals surface area contributed by atoms with Crippen molar-refractivity contribution in [1.82, 2.24) is 4.98 Å². The quantitative estimate of drug-likeness (QED) is 0.613. The summed E-state index contributed by atoms with van der Waals surface area (Å²) < 4.78 is 6.59. The van der Waals surface area contributed by atoms with Crippen LogP contribution in [0.15, 0.2) is 51.5 Å². The molecule has 2 aromatic heterocycles. The minimum absolute atomic E-state index is 0.798. The summed E-state index contributed by atoms with van der Waals surface area (Å²) in [5, 5.41) is 1.11. The molecule has 84 valence electrons. The number of fused-ring (bicyclic) bond motifs is 1. The van der Waals surface area contributed by atoms with E-state index in [1.165, 1.54) is 5.56 Å². The zero-order valence-electron chi connectivity index (χ0n) is 9.27. The lowest BCUT2D eigenvalue weighted by Crippen LogP contribution is -1.80. The molecule has 0 aliphatic heterocycles. The van der Waals surface area contributed by atoms with Gasteiger partial charge >= 0.3 is 0 Å². The van der Waals surface area contributed by atoms with Crippen molar-refractivity contribution in [3.63, 3.8) is 0 Å². The Morgan fingerprint density at radius 1 is 1.12 bits per heavy atom. The van der Waals surface area contributed by atoms with Gasteiger partial charge in [0.15, 0.2) is 5.76 Å². The molecule has 0 saturated heterocycles. The highest BCUT2D eigenvalue weighted by atomic mass is 79.9. The molecule has 3 aromatic rings. The van der Waals surface area contributed by atoms with E-state index < -0.39 is 0 Å². The first-order valence-electron chi connectivity index (χ1n) is 5.35. The topological polar surface area (TPSA) is 26.0 Å². The number of aryl methyl sites for hydroxylation is 1. The predicted octanol–water partition coefficient (Wildman–Crippen LogP) is 4.57. The molecule has 0 atom stereocenters. The van der Waals surface area contributed by atoms with Crippen LogP contribution in [0.5, 0.6) is 0 Å². The Labute approximate surface area is 107 Å². The summed E-state index contributed by atoms with van der Waals surface area (Å²) >= 11 is 3.36. The highest BCUT2D eigenvalue weighted by Crippen LogP contribution is 2.27. The first-order valence-corrected chi connectivity index (χ1v) is 6.15. The molecule has 0 unspecified atom stereocenters. The summed E-state index contributed by atoms with van der Waals surface area (Å²) in [4.78, 5) is 4.38. The minimum Gasteiger partial charge on any atom is -0.454 e. The number of pyridine rings is 1. The molecule has 0 fully saturated rings. The normalized spacial score (nSPS) is 10.9. The lowest BCUT2D eigenvalue weighted by atomic mass is 10.2. The van der Waals surface area contributed by atoms with Crippen LogP contribution in [0.25, 0.3) is 22.4 Å². The van der Waals surface area contributed by atoms with Gasteiger partial charge in [-0.2, -0.15) is 0 Å².